The Hall–Kier alpha value is -3.66. The first-order valence-corrected chi connectivity index (χ1v) is 11.7. The van der Waals surface area contributed by atoms with Gasteiger partial charge in [0.15, 0.2) is 17.7 Å². The summed E-state index contributed by atoms with van der Waals surface area (Å²) < 4.78 is 10.9. The van der Waals surface area contributed by atoms with E-state index in [4.69, 9.17) is 9.47 Å². The Bertz CT molecular complexity index is 1170. The number of hydrazone groups is 1. The second kappa shape index (κ2) is 10.3. The Labute approximate surface area is 205 Å². The van der Waals surface area contributed by atoms with Crippen LogP contribution in [0.25, 0.3) is 0 Å². The maximum Gasteiger partial charge on any atom is 0.170 e. The summed E-state index contributed by atoms with van der Waals surface area (Å²) in [6, 6.07) is 16.1. The smallest absolute Gasteiger partial charge is 0.170 e. The molecule has 182 valence electrons. The number of rotatable bonds is 8. The van der Waals surface area contributed by atoms with Crippen LogP contribution in [-0.2, 0) is 19.4 Å². The Kier molecular flexibility index (Phi) is 6.80. The Balaban J connectivity index is 1.15. The average molecular weight is 475 g/mol. The van der Waals surface area contributed by atoms with Crippen LogP contribution < -0.4 is 20.1 Å². The first-order valence-electron chi connectivity index (χ1n) is 11.7. The maximum absolute atomic E-state index is 10.5. The van der Waals surface area contributed by atoms with E-state index < -0.39 is 6.23 Å². The molecule has 3 heterocycles. The predicted molar refractivity (Wildman–Crippen MR) is 134 cm³/mol. The van der Waals surface area contributed by atoms with E-state index in [1.807, 2.05) is 12.1 Å². The van der Waals surface area contributed by atoms with Gasteiger partial charge in [0.2, 0.25) is 0 Å². The van der Waals surface area contributed by atoms with E-state index >= 15 is 0 Å². The van der Waals surface area contributed by atoms with E-state index in [1.54, 1.807) is 55.2 Å². The highest BCUT2D eigenvalue weighted by Crippen LogP contribution is 2.33. The number of hydrogen-bond acceptors (Lipinski definition) is 9. The lowest BCUT2D eigenvalue weighted by atomic mass is 9.98. The van der Waals surface area contributed by atoms with Crippen molar-refractivity contribution in [3.05, 3.63) is 83.2 Å². The van der Waals surface area contributed by atoms with Crippen molar-refractivity contribution in [3.8, 4) is 11.5 Å². The zero-order chi connectivity index (χ0) is 24.2. The lowest BCUT2D eigenvalue weighted by Crippen LogP contribution is -2.42. The molecule has 35 heavy (non-hydrogen) atoms. The summed E-state index contributed by atoms with van der Waals surface area (Å²) >= 11 is 0. The zero-order valence-corrected chi connectivity index (χ0v) is 20.0. The lowest BCUT2D eigenvalue weighted by molar-refractivity contribution is 0.0294. The topological polar surface area (TPSA) is 85.7 Å². The predicted octanol–water partition coefficient (Wildman–Crippen LogP) is 2.88. The number of anilines is 1. The average Bonchev–Trinajstić information content (AvgIpc) is 3.41. The summed E-state index contributed by atoms with van der Waals surface area (Å²) in [5, 5.41) is 18.1. The van der Waals surface area contributed by atoms with Gasteiger partial charge in [-0.15, -0.1) is 10.6 Å². The van der Waals surface area contributed by atoms with Crippen LogP contribution in [0.2, 0.25) is 0 Å². The van der Waals surface area contributed by atoms with E-state index in [1.165, 1.54) is 16.7 Å². The summed E-state index contributed by atoms with van der Waals surface area (Å²) in [6.45, 7) is 2.93. The van der Waals surface area contributed by atoms with Crippen molar-refractivity contribution >= 4 is 12.0 Å². The second-order valence-electron chi connectivity index (χ2n) is 8.62. The fourth-order valence-corrected chi connectivity index (χ4v) is 4.43. The molecule has 0 aliphatic carbocycles. The minimum absolute atomic E-state index is 0.731. The quantitative estimate of drug-likeness (QED) is 0.516. The Morgan fingerprint density at radius 3 is 2.43 bits per heavy atom. The third-order valence-electron chi connectivity index (χ3n) is 6.46. The van der Waals surface area contributed by atoms with Gasteiger partial charge in [-0.25, -0.2) is 5.01 Å². The van der Waals surface area contributed by atoms with Crippen molar-refractivity contribution in [1.82, 2.24) is 20.4 Å². The number of pyridine rings is 1. The second-order valence-corrected chi connectivity index (χ2v) is 8.62. The van der Waals surface area contributed by atoms with Crippen molar-refractivity contribution in [3.63, 3.8) is 0 Å². The Morgan fingerprint density at radius 1 is 1.00 bits per heavy atom. The third-order valence-corrected chi connectivity index (χ3v) is 6.46. The van der Waals surface area contributed by atoms with Crippen LogP contribution >= 0.6 is 0 Å². The largest absolute Gasteiger partial charge is 0.493 e. The molecule has 0 fully saturated rings. The Morgan fingerprint density at radius 2 is 1.71 bits per heavy atom. The standard InChI is InChI=1S/C26H30N6O3/c1-34-24-15-21-10-14-30(17-22(21)16-25(24)35-2)13-9-19-3-5-23(6-4-19)32-28-18-31(29-32)26(33)20-7-11-27-12-8-20/h3-8,11-12,15-16,18,26,29,33H,9-10,13-14,17H2,1-2H3. The van der Waals surface area contributed by atoms with E-state index in [9.17, 15) is 5.11 Å². The normalized spacial score (nSPS) is 16.3. The highest BCUT2D eigenvalue weighted by atomic mass is 16.5. The van der Waals surface area contributed by atoms with E-state index in [2.05, 4.69) is 44.8 Å². The number of hydrogen-bond donors (Lipinski definition) is 2. The number of methoxy groups -OCH3 is 2. The molecule has 0 saturated carbocycles. The molecule has 0 amide bonds. The minimum Gasteiger partial charge on any atom is -0.493 e. The molecule has 1 unspecified atom stereocenters. The number of aliphatic hydroxyl groups is 1. The molecule has 2 aromatic carbocycles. The molecule has 2 N–H and O–H groups in total. The fourth-order valence-electron chi connectivity index (χ4n) is 4.43. The number of aromatic nitrogens is 1. The van der Waals surface area contributed by atoms with Crippen LogP contribution in [0.4, 0.5) is 5.69 Å². The van der Waals surface area contributed by atoms with Gasteiger partial charge in [0, 0.05) is 37.6 Å². The van der Waals surface area contributed by atoms with Crippen molar-refractivity contribution in [1.29, 1.82) is 0 Å². The minimum atomic E-state index is -0.859. The first kappa shape index (κ1) is 23.1. The number of aliphatic hydroxyl groups excluding tert-OH is 1. The van der Waals surface area contributed by atoms with Gasteiger partial charge >= 0.3 is 0 Å². The molecular formula is C26H30N6O3. The molecule has 9 heteroatoms. The number of benzene rings is 2. The molecule has 5 rings (SSSR count). The number of nitrogens with zero attached hydrogens (tertiary/aromatic N) is 5. The van der Waals surface area contributed by atoms with Gasteiger partial charge in [-0.3, -0.25) is 9.88 Å². The number of nitrogens with one attached hydrogen (secondary N) is 1. The number of hydrazine groups is 2. The van der Waals surface area contributed by atoms with Gasteiger partial charge in [0.25, 0.3) is 0 Å². The lowest BCUT2D eigenvalue weighted by Gasteiger charge is -2.29. The van der Waals surface area contributed by atoms with Gasteiger partial charge in [0.05, 0.1) is 19.9 Å². The fraction of sp³-hybridized carbons (Fsp3) is 0.308. The van der Waals surface area contributed by atoms with Gasteiger partial charge < -0.3 is 14.6 Å². The molecule has 0 spiro atoms. The van der Waals surface area contributed by atoms with Gasteiger partial charge in [-0.1, -0.05) is 12.1 Å². The molecule has 1 aromatic heterocycles. The molecule has 3 aromatic rings. The number of ether oxygens (including phenoxy) is 2. The van der Waals surface area contributed by atoms with Crippen molar-refractivity contribution in [2.75, 3.05) is 32.4 Å². The summed E-state index contributed by atoms with van der Waals surface area (Å²) in [7, 11) is 3.36. The third kappa shape index (κ3) is 5.07. The number of fused-ring (bicyclic) bond motifs is 1. The molecule has 0 radical (unpaired) electrons. The van der Waals surface area contributed by atoms with Crippen LogP contribution in [0.3, 0.4) is 0 Å². The van der Waals surface area contributed by atoms with Crippen LogP contribution in [0.15, 0.2) is 66.0 Å². The van der Waals surface area contributed by atoms with Gasteiger partial charge in [-0.05, 0) is 65.9 Å². The van der Waals surface area contributed by atoms with Crippen LogP contribution in [0.5, 0.6) is 11.5 Å². The SMILES string of the molecule is COc1cc2c(cc1OC)CN(CCc1ccc(N3N=CN(C(O)c4ccncc4)N3)cc1)CC2. The highest BCUT2D eigenvalue weighted by molar-refractivity contribution is 5.62. The van der Waals surface area contributed by atoms with Crippen LogP contribution in [0.1, 0.15) is 28.5 Å². The first-order chi connectivity index (χ1) is 17.1. The van der Waals surface area contributed by atoms with Crippen LogP contribution in [0, 0.1) is 0 Å². The zero-order valence-electron chi connectivity index (χ0n) is 20.0. The van der Waals surface area contributed by atoms with E-state index in [0.29, 0.717) is 0 Å². The van der Waals surface area contributed by atoms with Gasteiger partial charge in [-0.2, -0.15) is 5.12 Å². The van der Waals surface area contributed by atoms with Crippen molar-refractivity contribution in [2.24, 2.45) is 5.10 Å². The summed E-state index contributed by atoms with van der Waals surface area (Å²) in [5.74, 6) is 1.58. The van der Waals surface area contributed by atoms with Crippen molar-refractivity contribution < 1.29 is 14.6 Å². The molecule has 0 bridgehead atoms. The summed E-state index contributed by atoms with van der Waals surface area (Å²) in [4.78, 5) is 6.47. The molecule has 2 aliphatic rings. The van der Waals surface area contributed by atoms with Gasteiger partial charge in [0.1, 0.15) is 6.34 Å². The molecule has 0 saturated heterocycles. The summed E-state index contributed by atoms with van der Waals surface area (Å²) in [5.41, 5.74) is 8.62. The monoisotopic (exact) mass is 474 g/mol. The molecule has 9 nitrogen and oxygen atoms in total. The molecule has 1 atom stereocenters. The summed E-state index contributed by atoms with van der Waals surface area (Å²) in [6.07, 6.45) is 5.98. The van der Waals surface area contributed by atoms with E-state index in [0.717, 1.165) is 55.2 Å². The van der Waals surface area contributed by atoms with Crippen molar-refractivity contribution in [2.45, 2.75) is 25.6 Å². The molecular weight excluding hydrogens is 444 g/mol. The van der Waals surface area contributed by atoms with Crippen LogP contribution in [-0.4, -0.2) is 53.6 Å². The molecule has 2 aliphatic heterocycles. The maximum atomic E-state index is 10.5. The highest BCUT2D eigenvalue weighted by Gasteiger charge is 2.23. The van der Waals surface area contributed by atoms with E-state index in [-0.39, 0.29) is 0 Å².